The molecule has 2 atom stereocenters. The first-order valence-corrected chi connectivity index (χ1v) is 41.9. The van der Waals surface area contributed by atoms with Gasteiger partial charge in [-0.2, -0.15) is 0 Å². The highest BCUT2D eigenvalue weighted by molar-refractivity contribution is 6.14. The van der Waals surface area contributed by atoms with E-state index in [4.69, 9.17) is 9.47 Å². The van der Waals surface area contributed by atoms with Crippen molar-refractivity contribution in [1.29, 1.82) is 0 Å². The molecule has 21 aromatic rings. The van der Waals surface area contributed by atoms with E-state index in [0.717, 1.165) is 102 Å². The van der Waals surface area contributed by atoms with Crippen LogP contribution in [0, 0.1) is 0 Å². The van der Waals surface area contributed by atoms with Crippen LogP contribution in [0.3, 0.4) is 0 Å². The topological polar surface area (TPSA) is 34.8 Å². The predicted molar refractivity (Wildman–Crippen MR) is 502 cm³/mol. The van der Waals surface area contributed by atoms with Crippen LogP contribution in [0.1, 0.15) is 44.5 Å². The van der Waals surface area contributed by atoms with Crippen molar-refractivity contribution in [3.05, 3.63) is 506 Å². The fourth-order valence-electron chi connectivity index (χ4n) is 20.5. The zero-order valence-corrected chi connectivity index (χ0v) is 66.5. The molecular formula is C116H76N4O2. The van der Waals surface area contributed by atoms with Crippen LogP contribution in [-0.2, 0) is 10.8 Å². The number of hydrogen-bond donors (Lipinski definition) is 0. The summed E-state index contributed by atoms with van der Waals surface area (Å²) in [4.78, 5) is 4.66. The maximum absolute atomic E-state index is 7.14. The van der Waals surface area contributed by atoms with E-state index < -0.39 is 10.8 Å². The summed E-state index contributed by atoms with van der Waals surface area (Å²) in [6.45, 7) is 0. The second-order valence-corrected chi connectivity index (χ2v) is 32.0. The lowest BCUT2D eigenvalue weighted by Crippen LogP contribution is -2.37. The molecule has 2 aromatic heterocycles. The first-order chi connectivity index (χ1) is 60.5. The van der Waals surface area contributed by atoms with Gasteiger partial charge in [-0.25, -0.2) is 0 Å². The van der Waals surface area contributed by atoms with Crippen molar-refractivity contribution >= 4 is 77.7 Å². The number of fused-ring (bicyclic) bond motifs is 22. The number of rotatable bonds is 11. The Morgan fingerprint density at radius 3 is 0.820 bits per heavy atom. The van der Waals surface area contributed by atoms with Crippen molar-refractivity contribution < 1.29 is 9.47 Å². The predicted octanol–water partition coefficient (Wildman–Crippen LogP) is 30.4. The summed E-state index contributed by atoms with van der Waals surface area (Å²) >= 11 is 0. The van der Waals surface area contributed by atoms with E-state index in [1.807, 2.05) is 0 Å². The van der Waals surface area contributed by atoms with Crippen molar-refractivity contribution in [3.63, 3.8) is 0 Å². The number of para-hydroxylation sites is 11. The first kappa shape index (κ1) is 70.2. The van der Waals surface area contributed by atoms with Gasteiger partial charge >= 0.3 is 0 Å². The summed E-state index contributed by atoms with van der Waals surface area (Å²) in [5, 5.41) is 5.04. The zero-order chi connectivity index (χ0) is 80.4. The van der Waals surface area contributed by atoms with Gasteiger partial charge in [-0.15, -0.1) is 0 Å². The van der Waals surface area contributed by atoms with E-state index in [1.165, 1.54) is 111 Å². The van der Waals surface area contributed by atoms with Gasteiger partial charge in [0.1, 0.15) is 23.0 Å². The molecule has 6 nitrogen and oxygen atoms in total. The third-order valence-corrected chi connectivity index (χ3v) is 25.7. The van der Waals surface area contributed by atoms with E-state index in [-0.39, 0.29) is 0 Å². The number of aromatic nitrogens is 2. The van der Waals surface area contributed by atoms with Crippen LogP contribution in [0.5, 0.6) is 23.0 Å². The number of nitrogens with zero attached hydrogens (tertiary/aromatic N) is 4. The highest BCUT2D eigenvalue weighted by atomic mass is 16.5. The molecule has 4 aliphatic heterocycles. The molecule has 0 saturated heterocycles. The minimum Gasteiger partial charge on any atom is -0.456 e. The third kappa shape index (κ3) is 10.8. The summed E-state index contributed by atoms with van der Waals surface area (Å²) in [7, 11) is 0. The maximum Gasteiger partial charge on any atom is 0.140 e. The molecule has 4 aliphatic rings. The molecule has 2 spiro atoms. The number of ether oxygens (including phenoxy) is 2. The highest BCUT2D eigenvalue weighted by Gasteiger charge is 2.53. The van der Waals surface area contributed by atoms with Crippen LogP contribution < -0.4 is 19.3 Å². The molecule has 0 amide bonds. The lowest BCUT2D eigenvalue weighted by Gasteiger charge is -2.45. The largest absolute Gasteiger partial charge is 0.456 e. The van der Waals surface area contributed by atoms with Gasteiger partial charge < -0.3 is 28.4 Å². The Labute approximate surface area is 707 Å². The van der Waals surface area contributed by atoms with Gasteiger partial charge in [-0.1, -0.05) is 352 Å². The lowest BCUT2D eigenvalue weighted by atomic mass is 9.61. The molecule has 0 aliphatic carbocycles. The van der Waals surface area contributed by atoms with Crippen LogP contribution >= 0.6 is 0 Å². The molecule has 572 valence electrons. The summed E-state index contributed by atoms with van der Waals surface area (Å²) in [6, 6.07) is 167. The quantitative estimate of drug-likeness (QED) is 0.129. The average molecular weight is 1560 g/mol. The maximum atomic E-state index is 7.14. The summed E-state index contributed by atoms with van der Waals surface area (Å²) in [5.74, 6) is 3.53. The Kier molecular flexibility index (Phi) is 16.3. The molecule has 0 saturated carbocycles. The molecule has 0 fully saturated rings. The third-order valence-electron chi connectivity index (χ3n) is 25.7. The molecule has 2 unspecified atom stereocenters. The fraction of sp³-hybridized carbons (Fsp3) is 0.0172. The van der Waals surface area contributed by atoms with Gasteiger partial charge in [0.25, 0.3) is 0 Å². The second-order valence-electron chi connectivity index (χ2n) is 32.0. The number of hydrogen-bond acceptors (Lipinski definition) is 4. The normalized spacial score (nSPS) is 14.6. The van der Waals surface area contributed by atoms with E-state index >= 15 is 0 Å². The van der Waals surface area contributed by atoms with E-state index in [0.29, 0.717) is 0 Å². The van der Waals surface area contributed by atoms with Gasteiger partial charge in [-0.3, -0.25) is 0 Å². The van der Waals surface area contributed by atoms with E-state index in [2.05, 4.69) is 480 Å². The summed E-state index contributed by atoms with van der Waals surface area (Å²) < 4.78 is 19.2. The van der Waals surface area contributed by atoms with Gasteiger partial charge in [-0.05, 0) is 176 Å². The number of benzene rings is 19. The lowest BCUT2D eigenvalue weighted by molar-refractivity contribution is 0.435. The molecule has 122 heavy (non-hydrogen) atoms. The van der Waals surface area contributed by atoms with Crippen LogP contribution in [0.4, 0.5) is 34.1 Å². The standard InChI is InChI=1S/C61H40N2O.C55H36N2O/c1-3-15-41(16-4-1)43-29-35-46(36-30-43)62(47-37-31-44(32-38-47)42-17-5-2-6-18-42)48-39-33-45(34-40-48)49-20-13-25-55-60(49)64-58-28-12-9-23-53(58)61(55)52-22-8-11-27-57(52)63-56-26-10-7-19-50(56)51-21-14-24-54(61)59(51)63;1-3-15-37(16-4-1)38-29-33-41(34-30-38)56(40-17-5-2-6-18-40)42-35-31-39(32-36-42)43-20-13-25-49-54(43)58-52-28-12-9-23-47(52)55(49)46-22-8-11-27-51(46)57-50-26-10-7-19-44(50)45-21-14-24-48(55)53(45)57/h1-40H;1-36H. The molecule has 6 heteroatoms. The van der Waals surface area contributed by atoms with Crippen molar-refractivity contribution in [2.75, 3.05) is 9.80 Å². The van der Waals surface area contributed by atoms with Gasteiger partial charge in [0.15, 0.2) is 0 Å². The Bertz CT molecular complexity index is 7570. The SMILES string of the molecule is c1ccc(-c2ccc(N(c3ccc(-c4ccccc4)cc3)c3ccc(-c4cccc5c4Oc4ccccc4C54c5ccccc5-n5c6ccccc6c6cccc4c65)cc3)cc2)cc1.c1ccc(-c2ccc(N(c3ccccc3)c3ccc(-c4cccc5c4Oc4ccccc4C54c5ccccc5-n5c6ccccc6c6cccc4c65)cc3)cc2)cc1. The molecule has 6 heterocycles. The highest BCUT2D eigenvalue weighted by Crippen LogP contribution is 2.64. The van der Waals surface area contributed by atoms with Crippen molar-refractivity contribution in [1.82, 2.24) is 9.13 Å². The molecule has 0 radical (unpaired) electrons. The first-order valence-electron chi connectivity index (χ1n) is 41.9. The Morgan fingerprint density at radius 2 is 0.443 bits per heavy atom. The van der Waals surface area contributed by atoms with E-state index in [9.17, 15) is 0 Å². The van der Waals surface area contributed by atoms with Crippen LogP contribution in [0.15, 0.2) is 461 Å². The van der Waals surface area contributed by atoms with Gasteiger partial charge in [0.2, 0.25) is 0 Å². The second kappa shape index (κ2) is 28.4. The zero-order valence-electron chi connectivity index (χ0n) is 66.5. The molecule has 19 aromatic carbocycles. The average Bonchev–Trinajstić information content (AvgIpc) is 1.34. The van der Waals surface area contributed by atoms with Gasteiger partial charge in [0, 0.05) is 89.0 Å². The summed E-state index contributed by atoms with van der Waals surface area (Å²) in [6.07, 6.45) is 0. The molecule has 0 bridgehead atoms. The van der Waals surface area contributed by atoms with E-state index in [1.54, 1.807) is 0 Å². The number of anilines is 6. The van der Waals surface area contributed by atoms with Crippen molar-refractivity contribution in [3.8, 4) is 90.0 Å². The Balaban J connectivity index is 0.000000139. The molecule has 25 rings (SSSR count). The fourth-order valence-corrected chi connectivity index (χ4v) is 20.5. The molecular weight excluding hydrogens is 1480 g/mol. The van der Waals surface area contributed by atoms with Crippen LogP contribution in [0.2, 0.25) is 0 Å². The van der Waals surface area contributed by atoms with Crippen molar-refractivity contribution in [2.45, 2.75) is 10.8 Å². The minimum absolute atomic E-state index is 0.614. The Hall–Kier alpha value is -16.0. The Morgan fingerprint density at radius 1 is 0.180 bits per heavy atom. The van der Waals surface area contributed by atoms with Gasteiger partial charge in [0.05, 0.1) is 44.3 Å². The minimum atomic E-state index is -0.630. The smallest absolute Gasteiger partial charge is 0.140 e. The monoisotopic (exact) mass is 1560 g/mol. The van der Waals surface area contributed by atoms with Crippen molar-refractivity contribution in [2.24, 2.45) is 0 Å². The van der Waals surface area contributed by atoms with Crippen LogP contribution in [-0.4, -0.2) is 9.13 Å². The van der Waals surface area contributed by atoms with Crippen LogP contribution in [0.25, 0.3) is 111 Å². The molecule has 0 N–H and O–H groups in total. The summed E-state index contributed by atoms with van der Waals surface area (Å²) in [5.41, 5.74) is 33.7.